The average molecular weight is 394 g/mol. The van der Waals surface area contributed by atoms with Crippen molar-refractivity contribution in [1.29, 1.82) is 0 Å². The van der Waals surface area contributed by atoms with E-state index in [1.807, 2.05) is 38.1 Å². The summed E-state index contributed by atoms with van der Waals surface area (Å²) in [6.07, 6.45) is 1.19. The van der Waals surface area contributed by atoms with Gasteiger partial charge in [-0.25, -0.2) is 9.18 Å². The van der Waals surface area contributed by atoms with Gasteiger partial charge < -0.3 is 14.9 Å². The fourth-order valence-corrected chi connectivity index (χ4v) is 3.38. The lowest BCUT2D eigenvalue weighted by Gasteiger charge is -2.14. The minimum Gasteiger partial charge on any atom is -0.508 e. The number of phenolic OH excluding ortho intramolecular Hbond substituents is 1. The number of aryl methyl sites for hydroxylation is 2. The fraction of sp³-hybridized carbons (Fsp3) is 0.208. The van der Waals surface area contributed by atoms with Gasteiger partial charge in [-0.3, -0.25) is 0 Å². The number of carbonyl (C=O) groups is 1. The van der Waals surface area contributed by atoms with E-state index >= 15 is 0 Å². The van der Waals surface area contributed by atoms with Gasteiger partial charge in [0.15, 0.2) is 6.61 Å². The molecule has 0 aliphatic rings. The van der Waals surface area contributed by atoms with Crippen molar-refractivity contribution in [3.05, 3.63) is 93.8 Å². The van der Waals surface area contributed by atoms with Crippen LogP contribution < -0.4 is 4.74 Å². The van der Waals surface area contributed by atoms with E-state index in [0.717, 1.165) is 33.4 Å². The normalized spacial score (nSPS) is 10.7. The van der Waals surface area contributed by atoms with Crippen LogP contribution in [0.1, 0.15) is 33.4 Å². The number of hydrogen-bond acceptors (Lipinski definition) is 3. The largest absolute Gasteiger partial charge is 0.508 e. The minimum atomic E-state index is -1.01. The third kappa shape index (κ3) is 5.35. The quantitative estimate of drug-likeness (QED) is 0.604. The lowest BCUT2D eigenvalue weighted by Crippen LogP contribution is -2.10. The minimum absolute atomic E-state index is 0.212. The maximum atomic E-state index is 13.1. The van der Waals surface area contributed by atoms with Crippen LogP contribution in [0.5, 0.6) is 11.5 Å². The van der Waals surface area contributed by atoms with Gasteiger partial charge in [0, 0.05) is 6.42 Å². The molecule has 3 rings (SSSR count). The summed E-state index contributed by atoms with van der Waals surface area (Å²) in [5.41, 5.74) is 5.91. The van der Waals surface area contributed by atoms with Crippen LogP contribution in [0.15, 0.2) is 54.6 Å². The van der Waals surface area contributed by atoms with Crippen LogP contribution in [-0.2, 0) is 17.6 Å². The van der Waals surface area contributed by atoms with Gasteiger partial charge in [-0.15, -0.1) is 0 Å². The Labute approximate surface area is 169 Å². The molecular formula is C24H23FO4. The number of halogens is 1. The van der Waals surface area contributed by atoms with E-state index < -0.39 is 5.97 Å². The number of phenols is 1. The molecule has 29 heavy (non-hydrogen) atoms. The number of benzene rings is 3. The Morgan fingerprint density at radius 3 is 2.17 bits per heavy atom. The van der Waals surface area contributed by atoms with Gasteiger partial charge in [0.05, 0.1) is 0 Å². The van der Waals surface area contributed by atoms with Gasteiger partial charge in [0.25, 0.3) is 0 Å². The topological polar surface area (TPSA) is 66.8 Å². The van der Waals surface area contributed by atoms with Crippen LogP contribution >= 0.6 is 0 Å². The molecule has 0 aliphatic carbocycles. The number of rotatable bonds is 7. The third-order valence-corrected chi connectivity index (χ3v) is 4.86. The monoisotopic (exact) mass is 394 g/mol. The first-order chi connectivity index (χ1) is 13.8. The highest BCUT2D eigenvalue weighted by Gasteiger charge is 2.11. The second kappa shape index (κ2) is 8.78. The molecular weight excluding hydrogens is 371 g/mol. The van der Waals surface area contributed by atoms with Crippen molar-refractivity contribution in [2.24, 2.45) is 0 Å². The molecule has 0 aliphatic heterocycles. The van der Waals surface area contributed by atoms with Gasteiger partial charge in [0.1, 0.15) is 17.3 Å². The van der Waals surface area contributed by atoms with E-state index in [0.29, 0.717) is 18.6 Å². The average Bonchev–Trinajstić information content (AvgIpc) is 2.67. The lowest BCUT2D eigenvalue weighted by atomic mass is 9.93. The van der Waals surface area contributed by atoms with Crippen LogP contribution in [0.25, 0.3) is 0 Å². The van der Waals surface area contributed by atoms with E-state index in [-0.39, 0.29) is 18.2 Å². The lowest BCUT2D eigenvalue weighted by molar-refractivity contribution is -0.139. The SMILES string of the molecule is Cc1cc(OCC(=O)O)cc(C)c1Cc1ccc(O)c(Cc2ccc(F)cc2)c1. The second-order valence-corrected chi connectivity index (χ2v) is 7.16. The maximum absolute atomic E-state index is 13.1. The summed E-state index contributed by atoms with van der Waals surface area (Å²) in [6, 6.07) is 15.5. The summed E-state index contributed by atoms with van der Waals surface area (Å²) in [5.74, 6) is -0.548. The zero-order valence-corrected chi connectivity index (χ0v) is 16.4. The maximum Gasteiger partial charge on any atom is 0.341 e. The molecule has 0 atom stereocenters. The Hall–Kier alpha value is -3.34. The molecule has 4 nitrogen and oxygen atoms in total. The zero-order valence-electron chi connectivity index (χ0n) is 16.4. The summed E-state index contributed by atoms with van der Waals surface area (Å²) >= 11 is 0. The molecule has 5 heteroatoms. The molecule has 0 fully saturated rings. The van der Waals surface area contributed by atoms with Crippen LogP contribution in [-0.4, -0.2) is 22.8 Å². The van der Waals surface area contributed by atoms with Crippen LogP contribution in [0.2, 0.25) is 0 Å². The Morgan fingerprint density at radius 2 is 1.55 bits per heavy atom. The molecule has 3 aromatic rings. The van der Waals surface area contributed by atoms with Gasteiger partial charge in [-0.1, -0.05) is 24.3 Å². The van der Waals surface area contributed by atoms with Crippen LogP contribution in [0.3, 0.4) is 0 Å². The number of ether oxygens (including phenoxy) is 1. The molecule has 0 heterocycles. The Morgan fingerprint density at radius 1 is 0.931 bits per heavy atom. The molecule has 0 saturated carbocycles. The van der Waals surface area contributed by atoms with Crippen LogP contribution in [0.4, 0.5) is 4.39 Å². The zero-order chi connectivity index (χ0) is 21.0. The highest BCUT2D eigenvalue weighted by Crippen LogP contribution is 2.27. The molecule has 2 N–H and O–H groups in total. The number of hydrogen-bond donors (Lipinski definition) is 2. The summed E-state index contributed by atoms with van der Waals surface area (Å²) in [4.78, 5) is 10.7. The first-order valence-corrected chi connectivity index (χ1v) is 9.31. The van der Waals surface area contributed by atoms with Gasteiger partial charge in [0.2, 0.25) is 0 Å². The standard InChI is InChI=1S/C24H23FO4/c1-15-9-21(29-14-24(27)28)10-16(2)22(15)13-18-5-8-23(26)19(12-18)11-17-3-6-20(25)7-4-17/h3-10,12,26H,11,13-14H2,1-2H3,(H,27,28). The number of aromatic hydroxyl groups is 1. The molecule has 3 aromatic carbocycles. The van der Waals surface area contributed by atoms with Gasteiger partial charge in [-0.05, 0) is 84.0 Å². The van der Waals surface area contributed by atoms with E-state index in [9.17, 15) is 14.3 Å². The first-order valence-electron chi connectivity index (χ1n) is 9.31. The highest BCUT2D eigenvalue weighted by molar-refractivity contribution is 5.68. The summed E-state index contributed by atoms with van der Waals surface area (Å²) < 4.78 is 18.4. The molecule has 0 spiro atoms. The second-order valence-electron chi connectivity index (χ2n) is 7.16. The molecule has 150 valence electrons. The Balaban J connectivity index is 1.81. The van der Waals surface area contributed by atoms with Crippen molar-refractivity contribution in [2.45, 2.75) is 26.7 Å². The van der Waals surface area contributed by atoms with Crippen molar-refractivity contribution in [3.63, 3.8) is 0 Å². The predicted molar refractivity (Wildman–Crippen MR) is 109 cm³/mol. The molecule has 0 unspecified atom stereocenters. The van der Waals surface area contributed by atoms with E-state index in [4.69, 9.17) is 9.84 Å². The van der Waals surface area contributed by atoms with E-state index in [2.05, 4.69) is 0 Å². The van der Waals surface area contributed by atoms with Gasteiger partial charge in [-0.2, -0.15) is 0 Å². The van der Waals surface area contributed by atoms with Crippen molar-refractivity contribution in [1.82, 2.24) is 0 Å². The fourth-order valence-electron chi connectivity index (χ4n) is 3.38. The van der Waals surface area contributed by atoms with Crippen molar-refractivity contribution >= 4 is 5.97 Å². The van der Waals surface area contributed by atoms with E-state index in [1.54, 1.807) is 18.2 Å². The smallest absolute Gasteiger partial charge is 0.341 e. The van der Waals surface area contributed by atoms with Crippen molar-refractivity contribution in [3.8, 4) is 11.5 Å². The summed E-state index contributed by atoms with van der Waals surface area (Å²) in [6.45, 7) is 3.56. The predicted octanol–water partition coefficient (Wildman–Crippen LogP) is 4.79. The number of carboxylic acid groups (broad SMARTS) is 1. The summed E-state index contributed by atoms with van der Waals surface area (Å²) in [7, 11) is 0. The van der Waals surface area contributed by atoms with Crippen molar-refractivity contribution in [2.75, 3.05) is 6.61 Å². The molecule has 0 saturated heterocycles. The summed E-state index contributed by atoms with van der Waals surface area (Å²) in [5, 5.41) is 19.0. The molecule has 0 radical (unpaired) electrons. The van der Waals surface area contributed by atoms with Crippen LogP contribution in [0, 0.1) is 19.7 Å². The first kappa shape index (κ1) is 20.4. The molecule has 0 amide bonds. The molecule has 0 aromatic heterocycles. The molecule has 0 bridgehead atoms. The van der Waals surface area contributed by atoms with Crippen molar-refractivity contribution < 1.29 is 24.1 Å². The third-order valence-electron chi connectivity index (χ3n) is 4.86. The Kier molecular flexibility index (Phi) is 6.17. The highest BCUT2D eigenvalue weighted by atomic mass is 19.1. The Bertz CT molecular complexity index is 1000. The number of aliphatic carboxylic acids is 1. The van der Waals surface area contributed by atoms with Gasteiger partial charge >= 0.3 is 5.97 Å². The van der Waals surface area contributed by atoms with E-state index in [1.165, 1.54) is 12.1 Å². The number of carboxylic acids is 1.